The van der Waals surface area contributed by atoms with Crippen LogP contribution in [0.25, 0.3) is 0 Å². The van der Waals surface area contributed by atoms with E-state index in [9.17, 15) is 0 Å². The number of hydrogen-bond donors (Lipinski definition) is 0. The van der Waals surface area contributed by atoms with Crippen molar-refractivity contribution in [1.29, 1.82) is 0 Å². The van der Waals surface area contributed by atoms with Gasteiger partial charge >= 0.3 is 19.8 Å². The summed E-state index contributed by atoms with van der Waals surface area (Å²) in [5.41, 5.74) is 0. The van der Waals surface area contributed by atoms with Crippen LogP contribution in [0.3, 0.4) is 0 Å². The molecule has 0 atom stereocenters. The van der Waals surface area contributed by atoms with Gasteiger partial charge in [0.25, 0.3) is 0 Å². The second kappa shape index (κ2) is 9.72. The molecule has 2 fully saturated rings. The van der Waals surface area contributed by atoms with Crippen LogP contribution in [0.1, 0.15) is 0 Å². The quantitative estimate of drug-likeness (QED) is 0.638. The van der Waals surface area contributed by atoms with Crippen molar-refractivity contribution in [2.75, 3.05) is 0 Å². The topological polar surface area (TPSA) is 0 Å². The summed E-state index contributed by atoms with van der Waals surface area (Å²) in [6.07, 6.45) is 22.0. The van der Waals surface area contributed by atoms with Crippen molar-refractivity contribution in [2.24, 2.45) is 0 Å². The van der Waals surface area contributed by atoms with Crippen LogP contribution in [0.4, 0.5) is 0 Å². The molecule has 0 N–H and O–H groups in total. The maximum Gasteiger partial charge on any atom is 1.00 e. The molecular weight excluding hydrogens is 322 g/mol. The fourth-order valence-electron chi connectivity index (χ4n) is 0.706. The van der Waals surface area contributed by atoms with Crippen molar-refractivity contribution in [2.45, 2.75) is 0 Å². The molecule has 1 heteroatoms. The third kappa shape index (κ3) is 7.29. The number of hydrogen-bond acceptors (Lipinski definition) is 0. The van der Waals surface area contributed by atoms with Crippen LogP contribution in [0.15, 0.2) is 0 Å². The molecule has 0 aromatic heterocycles. The minimum atomic E-state index is 0. The van der Waals surface area contributed by atoms with Crippen molar-refractivity contribution in [3.8, 4) is 0 Å². The third-order valence-corrected chi connectivity index (χ3v) is 1.22. The molecule has 0 unspecified atom stereocenters. The van der Waals surface area contributed by atoms with Crippen LogP contribution in [-0.2, 0) is 19.8 Å². The fraction of sp³-hybridized carbons (Fsp3) is 0. The molecule has 2 saturated carbocycles. The van der Waals surface area contributed by atoms with E-state index in [4.69, 9.17) is 0 Å². The molecule has 2 aliphatic carbocycles. The van der Waals surface area contributed by atoms with Gasteiger partial charge in [-0.2, -0.15) is 0 Å². The van der Waals surface area contributed by atoms with E-state index in [1.807, 2.05) is 70.6 Å². The summed E-state index contributed by atoms with van der Waals surface area (Å²) in [5, 5.41) is 0. The first-order valence-electron chi connectivity index (χ1n) is 3.67. The summed E-state index contributed by atoms with van der Waals surface area (Å²) in [6, 6.07) is 0. The summed E-state index contributed by atoms with van der Waals surface area (Å²) in [6.45, 7) is 0. The minimum Gasteiger partial charge on any atom is -0.0312 e. The molecule has 0 spiro atoms. The Morgan fingerprint density at radius 3 is 0.417 bits per heavy atom. The van der Waals surface area contributed by atoms with Crippen LogP contribution in [0.5, 0.6) is 0 Å². The van der Waals surface area contributed by atoms with E-state index >= 15 is 0 Å². The first kappa shape index (κ1) is 12.6. The van der Waals surface area contributed by atoms with Gasteiger partial charge < -0.3 is 0 Å². The molecule has 12 radical (unpaired) electrons. The Labute approximate surface area is 90.6 Å². The van der Waals surface area contributed by atoms with Gasteiger partial charge in [0.1, 0.15) is 0 Å². The van der Waals surface area contributed by atoms with Gasteiger partial charge in [0.15, 0.2) is 0 Å². The second-order valence-electron chi connectivity index (χ2n) is 2.12. The van der Waals surface area contributed by atoms with E-state index < -0.39 is 0 Å². The summed E-state index contributed by atoms with van der Waals surface area (Å²) >= 11 is 0. The normalized spacial score (nSPS) is 22.0. The molecule has 0 nitrogen and oxygen atoms in total. The molecular formula is C11H11Os+. The molecule has 0 heterocycles. The molecule has 0 aromatic rings. The zero-order valence-corrected chi connectivity index (χ0v) is 9.24. The smallest absolute Gasteiger partial charge is 0.0312 e. The molecule has 0 aromatic carbocycles. The van der Waals surface area contributed by atoms with Gasteiger partial charge in [0.05, 0.1) is 0 Å². The molecule has 0 aliphatic heterocycles. The van der Waals surface area contributed by atoms with Crippen LogP contribution in [0, 0.1) is 70.6 Å². The maximum atomic E-state index is 2.00. The van der Waals surface area contributed by atoms with E-state index in [-0.39, 0.29) is 19.8 Å². The van der Waals surface area contributed by atoms with Gasteiger partial charge in [0.2, 0.25) is 0 Å². The van der Waals surface area contributed by atoms with Gasteiger partial charge in [-0.05, 0) is 70.6 Å². The SMILES string of the molecule is [CH]1[CH][CH][CH][CH]1.[CH]1[CH][CH][CH][CH][CH]1.[Os+]. The molecule has 2 rings (SSSR count). The first-order valence-corrected chi connectivity index (χ1v) is 3.67. The number of rotatable bonds is 0. The Morgan fingerprint density at radius 2 is 0.333 bits per heavy atom. The van der Waals surface area contributed by atoms with Gasteiger partial charge in [-0.25, -0.2) is 0 Å². The van der Waals surface area contributed by atoms with E-state index in [2.05, 4.69) is 0 Å². The van der Waals surface area contributed by atoms with Gasteiger partial charge in [-0.15, -0.1) is 0 Å². The van der Waals surface area contributed by atoms with E-state index in [0.29, 0.717) is 0 Å². The van der Waals surface area contributed by atoms with Crippen molar-refractivity contribution in [3.63, 3.8) is 0 Å². The summed E-state index contributed by atoms with van der Waals surface area (Å²) in [5.74, 6) is 0. The zero-order chi connectivity index (χ0) is 7.78. The van der Waals surface area contributed by atoms with Crippen molar-refractivity contribution < 1.29 is 19.8 Å². The maximum absolute atomic E-state index is 2.00. The predicted molar refractivity (Wildman–Crippen MR) is 47.3 cm³/mol. The Morgan fingerprint density at radius 1 is 0.250 bits per heavy atom. The first-order chi connectivity index (χ1) is 5.50. The Kier molecular flexibility index (Phi) is 10.2. The van der Waals surface area contributed by atoms with Crippen LogP contribution < -0.4 is 0 Å². The van der Waals surface area contributed by atoms with E-state index in [0.717, 1.165) is 0 Å². The molecule has 0 amide bonds. The molecule has 12 heavy (non-hydrogen) atoms. The predicted octanol–water partition coefficient (Wildman–Crippen LogP) is 2.24. The standard InChI is InChI=1S/C6H6.C5H5.Os/c1-2-4-6-5-3-1;1-2-4-5-3-1;/h1-6H;1-5H;/q;;+1. The summed E-state index contributed by atoms with van der Waals surface area (Å²) in [4.78, 5) is 0. The van der Waals surface area contributed by atoms with Crippen molar-refractivity contribution in [3.05, 3.63) is 70.6 Å². The Hall–Kier alpha value is 0.636. The summed E-state index contributed by atoms with van der Waals surface area (Å²) in [7, 11) is 0. The molecule has 0 saturated heterocycles. The molecule has 62 valence electrons. The van der Waals surface area contributed by atoms with E-state index in [1.54, 1.807) is 0 Å². The van der Waals surface area contributed by atoms with Crippen molar-refractivity contribution >= 4 is 0 Å². The average Bonchev–Trinajstić information content (AvgIpc) is 2.64. The third-order valence-electron chi connectivity index (χ3n) is 1.22. The minimum absolute atomic E-state index is 0. The second-order valence-corrected chi connectivity index (χ2v) is 2.12. The van der Waals surface area contributed by atoms with Gasteiger partial charge in [-0.1, -0.05) is 0 Å². The summed E-state index contributed by atoms with van der Waals surface area (Å²) < 4.78 is 0. The molecule has 0 bridgehead atoms. The van der Waals surface area contributed by atoms with Crippen LogP contribution in [0.2, 0.25) is 0 Å². The van der Waals surface area contributed by atoms with Crippen LogP contribution >= 0.6 is 0 Å². The van der Waals surface area contributed by atoms with Crippen LogP contribution in [-0.4, -0.2) is 0 Å². The Balaban J connectivity index is 0.000000189. The van der Waals surface area contributed by atoms with Gasteiger partial charge in [0, 0.05) is 0 Å². The largest absolute Gasteiger partial charge is 1.00 e. The zero-order valence-electron chi connectivity index (χ0n) is 6.70. The fourth-order valence-corrected chi connectivity index (χ4v) is 0.706. The van der Waals surface area contributed by atoms with E-state index in [1.165, 1.54) is 0 Å². The average molecular weight is 333 g/mol. The monoisotopic (exact) mass is 335 g/mol. The van der Waals surface area contributed by atoms with Crippen molar-refractivity contribution in [1.82, 2.24) is 0 Å². The molecule has 2 aliphatic rings. The van der Waals surface area contributed by atoms with Gasteiger partial charge in [-0.3, -0.25) is 0 Å². The Bertz CT molecular complexity index is 54.0.